The fraction of sp³-hybridized carbons (Fsp3) is 0. The van der Waals surface area contributed by atoms with Crippen molar-refractivity contribution in [3.8, 4) is 22.4 Å². The number of rotatable bonds is 5. The third kappa shape index (κ3) is 4.80. The number of hydrogen-bond donors (Lipinski definition) is 0. The van der Waals surface area contributed by atoms with Crippen LogP contribution in [0.5, 0.6) is 0 Å². The summed E-state index contributed by atoms with van der Waals surface area (Å²) in [6, 6.07) is 60.1. The van der Waals surface area contributed by atoms with Crippen LogP contribution in [0.1, 0.15) is 0 Å². The van der Waals surface area contributed by atoms with Crippen LogP contribution in [0.25, 0.3) is 76.6 Å². The molecule has 0 saturated heterocycles. The van der Waals surface area contributed by atoms with E-state index in [4.69, 9.17) is 9.97 Å². The maximum absolute atomic E-state index is 5.57. The van der Waals surface area contributed by atoms with Gasteiger partial charge in [-0.2, -0.15) is 0 Å². The molecule has 3 heterocycles. The molecule has 4 nitrogen and oxygen atoms in total. The summed E-state index contributed by atoms with van der Waals surface area (Å²) in [7, 11) is 0. The van der Waals surface area contributed by atoms with Gasteiger partial charge in [-0.3, -0.25) is 9.97 Å². The molecule has 0 saturated carbocycles. The summed E-state index contributed by atoms with van der Waals surface area (Å²) < 4.78 is 0. The largest absolute Gasteiger partial charge is 0.310 e. The van der Waals surface area contributed by atoms with Crippen molar-refractivity contribution < 1.29 is 0 Å². The molecule has 51 heavy (non-hydrogen) atoms. The lowest BCUT2D eigenvalue weighted by molar-refractivity contribution is 1.30. The minimum Gasteiger partial charge on any atom is -0.310 e. The highest BCUT2D eigenvalue weighted by Crippen LogP contribution is 2.47. The van der Waals surface area contributed by atoms with Gasteiger partial charge in [-0.05, 0) is 70.4 Å². The van der Waals surface area contributed by atoms with Crippen LogP contribution in [-0.4, -0.2) is 15.0 Å². The Morgan fingerprint density at radius 3 is 1.86 bits per heavy atom. The van der Waals surface area contributed by atoms with Gasteiger partial charge in [0.05, 0.1) is 27.9 Å². The zero-order chi connectivity index (χ0) is 33.7. The maximum Gasteiger partial charge on any atom is 0.0970 e. The van der Waals surface area contributed by atoms with Crippen molar-refractivity contribution >= 4 is 71.3 Å². The highest BCUT2D eigenvalue weighted by atomic mass is 15.1. The van der Waals surface area contributed by atoms with Gasteiger partial charge in [-0.15, -0.1) is 0 Å². The molecule has 238 valence electrons. The predicted molar refractivity (Wildman–Crippen MR) is 213 cm³/mol. The molecular formula is C47H30N4. The molecule has 0 aliphatic carbocycles. The Labute approximate surface area is 294 Å². The van der Waals surface area contributed by atoms with Crippen LogP contribution in [0.2, 0.25) is 0 Å². The van der Waals surface area contributed by atoms with E-state index in [1.165, 1.54) is 16.2 Å². The normalized spacial score (nSPS) is 11.5. The molecule has 0 unspecified atom stereocenters. The first-order valence-electron chi connectivity index (χ1n) is 17.2. The Balaban J connectivity index is 1.32. The van der Waals surface area contributed by atoms with E-state index in [1.807, 2.05) is 18.5 Å². The average Bonchev–Trinajstić information content (AvgIpc) is 3.21. The zero-order valence-corrected chi connectivity index (χ0v) is 27.6. The van der Waals surface area contributed by atoms with E-state index >= 15 is 0 Å². The summed E-state index contributed by atoms with van der Waals surface area (Å²) in [5.41, 5.74) is 10.2. The van der Waals surface area contributed by atoms with Gasteiger partial charge in [0, 0.05) is 56.3 Å². The van der Waals surface area contributed by atoms with Crippen molar-refractivity contribution in [3.05, 3.63) is 182 Å². The summed E-state index contributed by atoms with van der Waals surface area (Å²) in [6.07, 6.45) is 3.72. The van der Waals surface area contributed by atoms with Crippen molar-refractivity contribution in [2.24, 2.45) is 0 Å². The number of aromatic nitrogens is 3. The Kier molecular flexibility index (Phi) is 6.78. The molecule has 0 amide bonds. The molecule has 0 atom stereocenters. The van der Waals surface area contributed by atoms with Crippen molar-refractivity contribution in [1.82, 2.24) is 15.0 Å². The number of pyridine rings is 3. The monoisotopic (exact) mass is 650 g/mol. The van der Waals surface area contributed by atoms with E-state index < -0.39 is 0 Å². The fourth-order valence-electron chi connectivity index (χ4n) is 7.60. The van der Waals surface area contributed by atoms with Crippen LogP contribution in [0.3, 0.4) is 0 Å². The highest BCUT2D eigenvalue weighted by Gasteiger charge is 2.23. The van der Waals surface area contributed by atoms with Crippen molar-refractivity contribution in [1.29, 1.82) is 0 Å². The van der Waals surface area contributed by atoms with E-state index in [0.29, 0.717) is 0 Å². The summed E-state index contributed by atoms with van der Waals surface area (Å²) in [6.45, 7) is 0. The van der Waals surface area contributed by atoms with Gasteiger partial charge in [-0.25, -0.2) is 4.98 Å². The van der Waals surface area contributed by atoms with Gasteiger partial charge in [0.2, 0.25) is 0 Å². The van der Waals surface area contributed by atoms with Gasteiger partial charge in [0.25, 0.3) is 0 Å². The summed E-state index contributed by atoms with van der Waals surface area (Å²) in [4.78, 5) is 17.4. The number of benzene rings is 7. The van der Waals surface area contributed by atoms with Crippen molar-refractivity contribution in [3.63, 3.8) is 0 Å². The van der Waals surface area contributed by atoms with E-state index in [0.717, 1.165) is 77.5 Å². The van der Waals surface area contributed by atoms with Gasteiger partial charge in [-0.1, -0.05) is 121 Å². The van der Waals surface area contributed by atoms with E-state index in [2.05, 4.69) is 174 Å². The molecule has 10 aromatic rings. The minimum atomic E-state index is 0.902. The molecule has 3 aromatic heterocycles. The first-order chi connectivity index (χ1) is 25.3. The number of nitrogens with zero attached hydrogens (tertiary/aromatic N) is 4. The lowest BCUT2D eigenvalue weighted by atomic mass is 9.91. The first kappa shape index (κ1) is 29.0. The number of fused-ring (bicyclic) bond motifs is 8. The molecule has 0 bridgehead atoms. The number of hydrogen-bond acceptors (Lipinski definition) is 4. The molecule has 0 aliphatic rings. The number of anilines is 3. The van der Waals surface area contributed by atoms with Crippen molar-refractivity contribution in [2.75, 3.05) is 4.90 Å². The molecule has 4 heteroatoms. The molecular weight excluding hydrogens is 621 g/mol. The van der Waals surface area contributed by atoms with Crippen LogP contribution in [0, 0.1) is 0 Å². The summed E-state index contributed by atoms with van der Waals surface area (Å²) >= 11 is 0. The topological polar surface area (TPSA) is 41.9 Å². The third-order valence-electron chi connectivity index (χ3n) is 9.88. The van der Waals surface area contributed by atoms with E-state index in [1.54, 1.807) is 0 Å². The molecule has 0 radical (unpaired) electrons. The third-order valence-corrected chi connectivity index (χ3v) is 9.88. The fourth-order valence-corrected chi connectivity index (χ4v) is 7.60. The zero-order valence-electron chi connectivity index (χ0n) is 27.6. The second-order valence-corrected chi connectivity index (χ2v) is 12.8. The molecule has 10 rings (SSSR count). The second kappa shape index (κ2) is 11.9. The minimum absolute atomic E-state index is 0.902. The molecule has 0 fully saturated rings. The van der Waals surface area contributed by atoms with Crippen LogP contribution in [0.4, 0.5) is 17.1 Å². The summed E-state index contributed by atoms with van der Waals surface area (Å²) in [5.74, 6) is 0. The molecule has 0 N–H and O–H groups in total. The first-order valence-corrected chi connectivity index (χ1v) is 17.2. The van der Waals surface area contributed by atoms with E-state index in [9.17, 15) is 0 Å². The van der Waals surface area contributed by atoms with Gasteiger partial charge >= 0.3 is 0 Å². The second-order valence-electron chi connectivity index (χ2n) is 12.8. The van der Waals surface area contributed by atoms with E-state index in [-0.39, 0.29) is 0 Å². The summed E-state index contributed by atoms with van der Waals surface area (Å²) in [5, 5.41) is 7.93. The van der Waals surface area contributed by atoms with Crippen LogP contribution < -0.4 is 4.90 Å². The molecule has 0 aliphatic heterocycles. The van der Waals surface area contributed by atoms with Crippen LogP contribution in [-0.2, 0) is 0 Å². The van der Waals surface area contributed by atoms with Crippen molar-refractivity contribution in [2.45, 2.75) is 0 Å². The van der Waals surface area contributed by atoms with Gasteiger partial charge < -0.3 is 4.90 Å². The Hall–Kier alpha value is -6.91. The Morgan fingerprint density at radius 1 is 0.412 bits per heavy atom. The highest BCUT2D eigenvalue weighted by molar-refractivity contribution is 6.27. The predicted octanol–water partition coefficient (Wildman–Crippen LogP) is 12.4. The van der Waals surface area contributed by atoms with Gasteiger partial charge in [0.15, 0.2) is 0 Å². The smallest absolute Gasteiger partial charge is 0.0970 e. The lowest BCUT2D eigenvalue weighted by Gasteiger charge is -2.28. The van der Waals surface area contributed by atoms with Crippen LogP contribution >= 0.6 is 0 Å². The SMILES string of the molecule is c1ccc(-c2nc3cc(-c4ccnc5c4ccc4cccnc45)ccc3c3c2c(N(c2ccccc2)c2ccccc2)cc2ccccc23)cc1. The Morgan fingerprint density at radius 2 is 1.08 bits per heavy atom. The quantitative estimate of drug-likeness (QED) is 0.174. The average molecular weight is 651 g/mol. The van der Waals surface area contributed by atoms with Crippen LogP contribution in [0.15, 0.2) is 182 Å². The van der Waals surface area contributed by atoms with Gasteiger partial charge in [0.1, 0.15) is 0 Å². The number of para-hydroxylation sites is 2. The Bertz CT molecular complexity index is 2870. The molecule has 7 aromatic carbocycles. The standard InChI is InChI=1S/C47H30N4/c1-4-13-31(14-5-1)45-44-42(51(35-17-6-2-7-18-35)36-19-8-3-9-20-36)30-33-15-10-11-21-38(33)43(44)40-25-23-34(29-41(40)50-45)37-26-28-49-47-39(37)24-22-32-16-12-27-48-46(32)47/h1-30H. The lowest BCUT2D eigenvalue weighted by Crippen LogP contribution is -2.11. The maximum atomic E-state index is 5.57. The molecule has 0 spiro atoms.